The fourth-order valence-electron chi connectivity index (χ4n) is 1.41. The first-order valence-corrected chi connectivity index (χ1v) is 7.11. The lowest BCUT2D eigenvalue weighted by Crippen LogP contribution is -2.10. The van der Waals surface area contributed by atoms with Crippen LogP contribution in [0.4, 0.5) is 0 Å². The SMILES string of the molecule is CCCCCCCC(O)P(=O)(OC)OC. The third kappa shape index (κ3) is 5.67. The lowest BCUT2D eigenvalue weighted by atomic mass is 10.1. The minimum absolute atomic E-state index is 0.475. The average Bonchev–Trinajstić information content (AvgIpc) is 2.27. The molecular weight excluding hydrogens is 215 g/mol. The van der Waals surface area contributed by atoms with Crippen LogP contribution >= 0.6 is 7.60 Å². The van der Waals surface area contributed by atoms with Crippen molar-refractivity contribution < 1.29 is 18.7 Å². The van der Waals surface area contributed by atoms with Crippen LogP contribution in [0, 0.1) is 0 Å². The van der Waals surface area contributed by atoms with Crippen molar-refractivity contribution in [3.05, 3.63) is 0 Å². The van der Waals surface area contributed by atoms with Gasteiger partial charge >= 0.3 is 7.60 Å². The van der Waals surface area contributed by atoms with Gasteiger partial charge in [0.05, 0.1) is 0 Å². The zero-order valence-corrected chi connectivity index (χ0v) is 10.8. The predicted octanol–water partition coefficient (Wildman–Crippen LogP) is 3.15. The highest BCUT2D eigenvalue weighted by molar-refractivity contribution is 7.54. The van der Waals surface area contributed by atoms with Crippen LogP contribution in [0.1, 0.15) is 45.4 Å². The molecule has 0 radical (unpaired) electrons. The summed E-state index contributed by atoms with van der Waals surface area (Å²) in [5.41, 5.74) is 0. The highest BCUT2D eigenvalue weighted by Crippen LogP contribution is 2.51. The number of hydrogen-bond donors (Lipinski definition) is 1. The number of aliphatic hydroxyl groups is 1. The summed E-state index contributed by atoms with van der Waals surface area (Å²) in [6.45, 7) is 2.15. The summed E-state index contributed by atoms with van der Waals surface area (Å²) >= 11 is 0. The van der Waals surface area contributed by atoms with Crippen molar-refractivity contribution in [3.8, 4) is 0 Å². The first-order chi connectivity index (χ1) is 7.10. The van der Waals surface area contributed by atoms with Gasteiger partial charge in [0.2, 0.25) is 0 Å². The van der Waals surface area contributed by atoms with Gasteiger partial charge in [0, 0.05) is 14.2 Å². The maximum atomic E-state index is 11.7. The van der Waals surface area contributed by atoms with Crippen LogP contribution < -0.4 is 0 Å². The van der Waals surface area contributed by atoms with Gasteiger partial charge in [-0.05, 0) is 6.42 Å². The quantitative estimate of drug-likeness (QED) is 0.495. The van der Waals surface area contributed by atoms with Crippen molar-refractivity contribution in [1.82, 2.24) is 0 Å². The van der Waals surface area contributed by atoms with E-state index in [0.717, 1.165) is 19.3 Å². The Hall–Kier alpha value is 0.110. The number of rotatable bonds is 9. The molecule has 0 aromatic heterocycles. The van der Waals surface area contributed by atoms with E-state index in [1.807, 2.05) is 0 Å². The van der Waals surface area contributed by atoms with Crippen LogP contribution in [-0.4, -0.2) is 25.2 Å². The zero-order chi connectivity index (χ0) is 11.7. The van der Waals surface area contributed by atoms with E-state index in [-0.39, 0.29) is 0 Å². The maximum Gasteiger partial charge on any atom is 0.358 e. The van der Waals surface area contributed by atoms with Gasteiger partial charge in [0.1, 0.15) is 0 Å². The summed E-state index contributed by atoms with van der Waals surface area (Å²) in [4.78, 5) is 0. The number of aliphatic hydroxyl groups excluding tert-OH is 1. The molecule has 1 atom stereocenters. The third-order valence-electron chi connectivity index (χ3n) is 2.44. The van der Waals surface area contributed by atoms with Gasteiger partial charge < -0.3 is 14.2 Å². The number of unbranched alkanes of at least 4 members (excludes halogenated alkanes) is 4. The molecule has 0 amide bonds. The second kappa shape index (κ2) is 8.28. The standard InChI is InChI=1S/C10H23O4P/c1-4-5-6-7-8-9-10(11)15(12,13-2)14-3/h10-11H,4-9H2,1-3H3. The van der Waals surface area contributed by atoms with Gasteiger partial charge in [-0.3, -0.25) is 4.57 Å². The first kappa shape index (κ1) is 15.1. The molecule has 0 aliphatic heterocycles. The molecule has 1 N–H and O–H groups in total. The Labute approximate surface area is 92.5 Å². The van der Waals surface area contributed by atoms with Crippen molar-refractivity contribution in [2.45, 2.75) is 51.3 Å². The van der Waals surface area contributed by atoms with Crippen LogP contribution in [0.5, 0.6) is 0 Å². The Balaban J connectivity index is 3.72. The molecule has 0 aromatic carbocycles. The Morgan fingerprint density at radius 3 is 2.13 bits per heavy atom. The molecule has 0 heterocycles. The van der Waals surface area contributed by atoms with Gasteiger partial charge in [-0.25, -0.2) is 0 Å². The molecule has 0 rings (SSSR count). The average molecular weight is 238 g/mol. The number of hydrogen-bond acceptors (Lipinski definition) is 4. The zero-order valence-electron chi connectivity index (χ0n) is 9.94. The summed E-state index contributed by atoms with van der Waals surface area (Å²) < 4.78 is 21.1. The molecule has 0 bridgehead atoms. The monoisotopic (exact) mass is 238 g/mol. The second-order valence-corrected chi connectivity index (χ2v) is 5.99. The van der Waals surface area contributed by atoms with E-state index < -0.39 is 13.4 Å². The fourth-order valence-corrected chi connectivity index (χ4v) is 2.54. The normalized spacial score (nSPS) is 14.1. The van der Waals surface area contributed by atoms with Gasteiger partial charge in [-0.2, -0.15) is 0 Å². The van der Waals surface area contributed by atoms with Crippen molar-refractivity contribution in [3.63, 3.8) is 0 Å². The van der Waals surface area contributed by atoms with Crippen molar-refractivity contribution >= 4 is 7.60 Å². The van der Waals surface area contributed by atoms with Crippen molar-refractivity contribution in [2.24, 2.45) is 0 Å². The van der Waals surface area contributed by atoms with Gasteiger partial charge in [-0.1, -0.05) is 39.0 Å². The third-order valence-corrected chi connectivity index (χ3v) is 4.45. The molecule has 4 nitrogen and oxygen atoms in total. The molecule has 0 saturated heterocycles. The Kier molecular flexibility index (Phi) is 8.34. The lowest BCUT2D eigenvalue weighted by molar-refractivity contribution is 0.165. The molecule has 15 heavy (non-hydrogen) atoms. The van der Waals surface area contributed by atoms with E-state index in [1.165, 1.54) is 27.1 Å². The predicted molar refractivity (Wildman–Crippen MR) is 61.0 cm³/mol. The molecule has 0 aliphatic carbocycles. The smallest absolute Gasteiger partial charge is 0.358 e. The maximum absolute atomic E-state index is 11.7. The Bertz CT molecular complexity index is 188. The lowest BCUT2D eigenvalue weighted by Gasteiger charge is -2.19. The van der Waals surface area contributed by atoms with Crippen LogP contribution in [0.3, 0.4) is 0 Å². The van der Waals surface area contributed by atoms with Crippen LogP contribution in [0.15, 0.2) is 0 Å². The Morgan fingerprint density at radius 1 is 1.13 bits per heavy atom. The van der Waals surface area contributed by atoms with Crippen LogP contribution in [0.2, 0.25) is 0 Å². The molecule has 0 aromatic rings. The van der Waals surface area contributed by atoms with E-state index >= 15 is 0 Å². The van der Waals surface area contributed by atoms with Gasteiger partial charge in [0.15, 0.2) is 5.85 Å². The van der Waals surface area contributed by atoms with Crippen LogP contribution in [-0.2, 0) is 13.6 Å². The minimum Gasteiger partial charge on any atom is -0.380 e. The molecule has 0 spiro atoms. The van der Waals surface area contributed by atoms with E-state index in [9.17, 15) is 9.67 Å². The second-order valence-electron chi connectivity index (χ2n) is 3.59. The van der Waals surface area contributed by atoms with E-state index in [4.69, 9.17) is 9.05 Å². The molecule has 0 fully saturated rings. The molecule has 1 unspecified atom stereocenters. The fraction of sp³-hybridized carbons (Fsp3) is 1.00. The molecular formula is C10H23O4P. The van der Waals surface area contributed by atoms with E-state index in [0.29, 0.717) is 6.42 Å². The molecule has 92 valence electrons. The van der Waals surface area contributed by atoms with E-state index in [1.54, 1.807) is 0 Å². The summed E-state index contributed by atoms with van der Waals surface area (Å²) in [6.07, 6.45) is 5.95. The summed E-state index contributed by atoms with van der Waals surface area (Å²) in [6, 6.07) is 0. The first-order valence-electron chi connectivity index (χ1n) is 5.50. The molecule has 0 aliphatic rings. The molecule has 5 heteroatoms. The topological polar surface area (TPSA) is 55.8 Å². The summed E-state index contributed by atoms with van der Waals surface area (Å²) in [5.74, 6) is -0.992. The van der Waals surface area contributed by atoms with Crippen molar-refractivity contribution in [1.29, 1.82) is 0 Å². The largest absolute Gasteiger partial charge is 0.380 e. The Morgan fingerprint density at radius 2 is 1.67 bits per heavy atom. The van der Waals surface area contributed by atoms with Gasteiger partial charge in [-0.15, -0.1) is 0 Å². The van der Waals surface area contributed by atoms with Gasteiger partial charge in [0.25, 0.3) is 0 Å². The van der Waals surface area contributed by atoms with Crippen molar-refractivity contribution in [2.75, 3.05) is 14.2 Å². The van der Waals surface area contributed by atoms with E-state index in [2.05, 4.69) is 6.92 Å². The minimum atomic E-state index is -3.27. The molecule has 0 saturated carbocycles. The van der Waals surface area contributed by atoms with Crippen LogP contribution in [0.25, 0.3) is 0 Å². The highest BCUT2D eigenvalue weighted by Gasteiger charge is 2.31. The summed E-state index contributed by atoms with van der Waals surface area (Å²) in [7, 11) is -0.680. The summed E-state index contributed by atoms with van der Waals surface area (Å²) in [5, 5.41) is 9.61. The highest BCUT2D eigenvalue weighted by atomic mass is 31.2.